The van der Waals surface area contributed by atoms with Crippen LogP contribution in [-0.2, 0) is 5.88 Å². The Hall–Kier alpha value is -0.320. The van der Waals surface area contributed by atoms with Gasteiger partial charge in [-0.2, -0.15) is 0 Å². The van der Waals surface area contributed by atoms with Crippen molar-refractivity contribution in [3.05, 3.63) is 27.2 Å². The summed E-state index contributed by atoms with van der Waals surface area (Å²) in [6, 6.07) is 1.97. The molecule has 2 heterocycles. The van der Waals surface area contributed by atoms with Crippen molar-refractivity contribution in [3.8, 4) is 11.5 Å². The molecule has 2 rings (SSSR count). The molecule has 0 atom stereocenters. The summed E-state index contributed by atoms with van der Waals surface area (Å²) in [6.07, 6.45) is 1.58. The fraction of sp³-hybridized carbons (Fsp3) is 0.125. The van der Waals surface area contributed by atoms with Crippen molar-refractivity contribution in [2.24, 2.45) is 0 Å². The molecule has 0 spiro atoms. The number of hydrogen-bond acceptors (Lipinski definition) is 3. The van der Waals surface area contributed by atoms with Gasteiger partial charge in [-0.3, -0.25) is 0 Å². The van der Waals surface area contributed by atoms with Gasteiger partial charge in [-0.25, -0.2) is 4.98 Å². The lowest BCUT2D eigenvalue weighted by Gasteiger charge is -1.84. The molecule has 0 bridgehead atoms. The number of alkyl halides is 1. The first-order valence-corrected chi connectivity index (χ1v) is 5.75. The van der Waals surface area contributed by atoms with E-state index in [4.69, 9.17) is 16.0 Å². The summed E-state index contributed by atoms with van der Waals surface area (Å²) in [7, 11) is 0. The smallest absolute Gasteiger partial charge is 0.227 e. The van der Waals surface area contributed by atoms with E-state index in [0.717, 1.165) is 15.0 Å². The topological polar surface area (TPSA) is 26.0 Å². The summed E-state index contributed by atoms with van der Waals surface area (Å²) in [4.78, 5) is 4.20. The van der Waals surface area contributed by atoms with E-state index in [-0.39, 0.29) is 0 Å². The Kier molecular flexibility index (Phi) is 2.71. The Morgan fingerprint density at radius 2 is 2.46 bits per heavy atom. The third kappa shape index (κ3) is 1.95. The van der Waals surface area contributed by atoms with Gasteiger partial charge in [0.05, 0.1) is 15.4 Å². The van der Waals surface area contributed by atoms with Gasteiger partial charge in [-0.15, -0.1) is 22.9 Å². The zero-order valence-electron chi connectivity index (χ0n) is 6.46. The van der Waals surface area contributed by atoms with Crippen LogP contribution in [0.3, 0.4) is 0 Å². The van der Waals surface area contributed by atoms with Crippen molar-refractivity contribution in [2.75, 3.05) is 0 Å². The van der Waals surface area contributed by atoms with Crippen LogP contribution in [0.4, 0.5) is 0 Å². The highest BCUT2D eigenvalue weighted by molar-refractivity contribution is 9.11. The Bertz CT molecular complexity index is 412. The van der Waals surface area contributed by atoms with E-state index in [0.29, 0.717) is 11.8 Å². The molecule has 0 aliphatic carbocycles. The number of oxazole rings is 1. The molecule has 2 aromatic heterocycles. The first kappa shape index (κ1) is 9.24. The van der Waals surface area contributed by atoms with Crippen LogP contribution < -0.4 is 0 Å². The lowest BCUT2D eigenvalue weighted by Crippen LogP contribution is -1.76. The van der Waals surface area contributed by atoms with Gasteiger partial charge >= 0.3 is 0 Å². The highest BCUT2D eigenvalue weighted by Crippen LogP contribution is 2.28. The van der Waals surface area contributed by atoms with Gasteiger partial charge in [-0.05, 0) is 22.0 Å². The number of hydrogen-bond donors (Lipinski definition) is 0. The van der Waals surface area contributed by atoms with Crippen molar-refractivity contribution in [1.29, 1.82) is 0 Å². The zero-order chi connectivity index (χ0) is 9.26. The molecule has 0 unspecified atom stereocenters. The van der Waals surface area contributed by atoms with Crippen LogP contribution in [0.25, 0.3) is 11.5 Å². The van der Waals surface area contributed by atoms with E-state index < -0.39 is 0 Å². The Labute approximate surface area is 92.7 Å². The number of thiophene rings is 1. The first-order valence-electron chi connectivity index (χ1n) is 3.54. The van der Waals surface area contributed by atoms with Gasteiger partial charge < -0.3 is 4.42 Å². The second kappa shape index (κ2) is 3.82. The summed E-state index contributed by atoms with van der Waals surface area (Å²) < 4.78 is 6.31. The summed E-state index contributed by atoms with van der Waals surface area (Å²) >= 11 is 10.6. The normalized spacial score (nSPS) is 10.6. The van der Waals surface area contributed by atoms with Gasteiger partial charge in [0.25, 0.3) is 0 Å². The Morgan fingerprint density at radius 3 is 3.00 bits per heavy atom. The molecule has 0 fully saturated rings. The minimum Gasteiger partial charge on any atom is -0.444 e. The monoisotopic (exact) mass is 277 g/mol. The van der Waals surface area contributed by atoms with E-state index in [1.165, 1.54) is 0 Å². The Balaban J connectivity index is 2.35. The zero-order valence-corrected chi connectivity index (χ0v) is 9.62. The van der Waals surface area contributed by atoms with E-state index in [9.17, 15) is 0 Å². The van der Waals surface area contributed by atoms with Crippen molar-refractivity contribution in [2.45, 2.75) is 5.88 Å². The third-order valence-electron chi connectivity index (χ3n) is 1.50. The molecule has 2 nitrogen and oxygen atoms in total. The van der Waals surface area contributed by atoms with E-state index in [1.54, 1.807) is 17.6 Å². The maximum Gasteiger partial charge on any atom is 0.227 e. The summed E-state index contributed by atoms with van der Waals surface area (Å²) in [5.74, 6) is 1.01. The molecular formula is C8H5BrClNOS. The molecule has 0 amide bonds. The quantitative estimate of drug-likeness (QED) is 0.779. The molecule has 0 aliphatic heterocycles. The summed E-state index contributed by atoms with van der Waals surface area (Å²) in [5, 5.41) is 1.98. The van der Waals surface area contributed by atoms with Gasteiger partial charge in [0.2, 0.25) is 5.89 Å². The molecular weight excluding hydrogens is 274 g/mol. The van der Waals surface area contributed by atoms with Crippen LogP contribution in [0, 0.1) is 0 Å². The van der Waals surface area contributed by atoms with Gasteiger partial charge in [-0.1, -0.05) is 0 Å². The molecule has 0 aromatic carbocycles. The number of nitrogens with zero attached hydrogens (tertiary/aromatic N) is 1. The lowest BCUT2D eigenvalue weighted by atomic mass is 10.3. The van der Waals surface area contributed by atoms with Crippen LogP contribution >= 0.6 is 38.9 Å². The average molecular weight is 279 g/mol. The van der Waals surface area contributed by atoms with E-state index >= 15 is 0 Å². The van der Waals surface area contributed by atoms with Gasteiger partial charge in [0.15, 0.2) is 0 Å². The third-order valence-corrected chi connectivity index (χ3v) is 3.28. The molecule has 2 aromatic rings. The van der Waals surface area contributed by atoms with Crippen LogP contribution in [0.2, 0.25) is 0 Å². The fourth-order valence-electron chi connectivity index (χ4n) is 0.923. The predicted molar refractivity (Wildman–Crippen MR) is 57.1 cm³/mol. The van der Waals surface area contributed by atoms with Crippen molar-refractivity contribution in [3.63, 3.8) is 0 Å². The van der Waals surface area contributed by atoms with Crippen molar-refractivity contribution >= 4 is 38.9 Å². The molecule has 5 heteroatoms. The van der Waals surface area contributed by atoms with E-state index in [1.807, 2.05) is 11.4 Å². The average Bonchev–Trinajstić information content (AvgIpc) is 2.71. The standard InChI is InChI=1S/C8H5BrClNOS/c9-7-1-5(4-13-7)8-11-6(2-10)3-12-8/h1,3-4H,2H2. The first-order chi connectivity index (χ1) is 6.29. The molecule has 68 valence electrons. The molecule has 13 heavy (non-hydrogen) atoms. The fourth-order valence-corrected chi connectivity index (χ4v) is 2.18. The van der Waals surface area contributed by atoms with Crippen molar-refractivity contribution < 1.29 is 4.42 Å². The predicted octanol–water partition coefficient (Wildman–Crippen LogP) is 3.90. The number of aromatic nitrogens is 1. The van der Waals surface area contributed by atoms with Crippen LogP contribution in [0.1, 0.15) is 5.69 Å². The maximum atomic E-state index is 5.60. The molecule has 0 aliphatic rings. The van der Waals surface area contributed by atoms with E-state index in [2.05, 4.69) is 20.9 Å². The lowest BCUT2D eigenvalue weighted by molar-refractivity contribution is 0.573. The van der Waals surface area contributed by atoms with Crippen LogP contribution in [-0.4, -0.2) is 4.98 Å². The van der Waals surface area contributed by atoms with Gasteiger partial charge in [0, 0.05) is 10.9 Å². The summed E-state index contributed by atoms with van der Waals surface area (Å²) in [5.41, 5.74) is 1.74. The van der Waals surface area contributed by atoms with Gasteiger partial charge in [0.1, 0.15) is 6.26 Å². The second-order valence-corrected chi connectivity index (χ2v) is 4.97. The largest absolute Gasteiger partial charge is 0.444 e. The van der Waals surface area contributed by atoms with Crippen molar-refractivity contribution in [1.82, 2.24) is 4.98 Å². The Morgan fingerprint density at radius 1 is 1.62 bits per heavy atom. The SMILES string of the molecule is ClCc1coc(-c2csc(Br)c2)n1. The highest BCUT2D eigenvalue weighted by Gasteiger charge is 2.07. The molecule has 0 saturated heterocycles. The molecule has 0 saturated carbocycles. The summed E-state index contributed by atoms with van der Waals surface area (Å²) in [6.45, 7) is 0. The maximum absolute atomic E-state index is 5.60. The second-order valence-electron chi connectivity index (χ2n) is 2.42. The minimum absolute atomic E-state index is 0.384. The minimum atomic E-state index is 0.384. The van der Waals surface area contributed by atoms with Crippen LogP contribution in [0.5, 0.6) is 0 Å². The van der Waals surface area contributed by atoms with Crippen LogP contribution in [0.15, 0.2) is 25.9 Å². The highest BCUT2D eigenvalue weighted by atomic mass is 79.9. The number of rotatable bonds is 2. The number of halogens is 2. The molecule has 0 N–H and O–H groups in total. The molecule has 0 radical (unpaired) electrons.